The highest BCUT2D eigenvalue weighted by Crippen LogP contribution is 2.55. The Hall–Kier alpha value is -0.0400. The zero-order valence-electron chi connectivity index (χ0n) is 8.51. The van der Waals surface area contributed by atoms with Gasteiger partial charge >= 0.3 is 0 Å². The Bertz CT molecular complexity index is 183. The van der Waals surface area contributed by atoms with E-state index in [1.807, 2.05) is 0 Å². The summed E-state index contributed by atoms with van der Waals surface area (Å²) in [6.45, 7) is 6.94. The van der Waals surface area contributed by atoms with Crippen molar-refractivity contribution >= 4 is 0 Å². The lowest BCUT2D eigenvalue weighted by atomic mass is 9.70. The molecule has 1 heteroatoms. The first-order valence-electron chi connectivity index (χ1n) is 5.32. The lowest BCUT2D eigenvalue weighted by Crippen LogP contribution is -2.50. The molecule has 2 aliphatic rings. The van der Waals surface area contributed by atoms with Crippen LogP contribution in [0.5, 0.6) is 0 Å². The molecule has 0 radical (unpaired) electrons. The van der Waals surface area contributed by atoms with Crippen LogP contribution in [0.15, 0.2) is 0 Å². The number of hydrogen-bond acceptors (Lipinski definition) is 1. The van der Waals surface area contributed by atoms with Crippen molar-refractivity contribution < 1.29 is 0 Å². The van der Waals surface area contributed by atoms with Gasteiger partial charge in [-0.1, -0.05) is 13.8 Å². The van der Waals surface area contributed by atoms with Crippen LogP contribution >= 0.6 is 0 Å². The molecule has 4 atom stereocenters. The first-order valence-corrected chi connectivity index (χ1v) is 5.32. The monoisotopic (exact) mass is 167 g/mol. The smallest absolute Gasteiger partial charge is 0.0188 e. The molecule has 0 spiro atoms. The van der Waals surface area contributed by atoms with E-state index in [2.05, 4.69) is 20.8 Å². The topological polar surface area (TPSA) is 26.0 Å². The van der Waals surface area contributed by atoms with Crippen LogP contribution in [0.25, 0.3) is 0 Å². The van der Waals surface area contributed by atoms with Crippen LogP contribution in [0.1, 0.15) is 40.0 Å². The summed E-state index contributed by atoms with van der Waals surface area (Å²) in [7, 11) is 0. The molecule has 2 fully saturated rings. The summed E-state index contributed by atoms with van der Waals surface area (Å²) in [5.74, 6) is 3.34. The molecular weight excluding hydrogens is 146 g/mol. The van der Waals surface area contributed by atoms with Crippen LogP contribution in [0.4, 0.5) is 0 Å². The Morgan fingerprint density at radius 3 is 2.33 bits per heavy atom. The van der Waals surface area contributed by atoms with Gasteiger partial charge in [-0.2, -0.15) is 0 Å². The highest BCUT2D eigenvalue weighted by atomic mass is 14.8. The van der Waals surface area contributed by atoms with Gasteiger partial charge in [-0.05, 0) is 49.9 Å². The quantitative estimate of drug-likeness (QED) is 0.637. The van der Waals surface area contributed by atoms with Crippen molar-refractivity contribution in [3.05, 3.63) is 0 Å². The molecule has 70 valence electrons. The van der Waals surface area contributed by atoms with Gasteiger partial charge in [0.15, 0.2) is 0 Å². The van der Waals surface area contributed by atoms with Crippen LogP contribution in [0, 0.1) is 23.7 Å². The second-order valence-electron chi connectivity index (χ2n) is 5.41. The minimum Gasteiger partial charge on any atom is -0.325 e. The van der Waals surface area contributed by atoms with E-state index in [4.69, 9.17) is 5.73 Å². The maximum absolute atomic E-state index is 6.41. The van der Waals surface area contributed by atoms with Gasteiger partial charge in [0.05, 0.1) is 0 Å². The number of rotatable bonds is 1. The fourth-order valence-electron chi connectivity index (χ4n) is 3.95. The maximum atomic E-state index is 6.41. The fourth-order valence-corrected chi connectivity index (χ4v) is 3.95. The second-order valence-corrected chi connectivity index (χ2v) is 5.41. The van der Waals surface area contributed by atoms with Crippen molar-refractivity contribution in [3.8, 4) is 0 Å². The van der Waals surface area contributed by atoms with Crippen molar-refractivity contribution in [2.24, 2.45) is 29.4 Å². The van der Waals surface area contributed by atoms with Gasteiger partial charge in [0.2, 0.25) is 0 Å². The van der Waals surface area contributed by atoms with Gasteiger partial charge in [0, 0.05) is 5.54 Å². The Labute approximate surface area is 75.7 Å². The number of fused-ring (bicyclic) bond motifs is 2. The predicted molar refractivity (Wildman–Crippen MR) is 51.8 cm³/mol. The van der Waals surface area contributed by atoms with Gasteiger partial charge in [0.25, 0.3) is 0 Å². The second kappa shape index (κ2) is 2.47. The molecule has 0 unspecified atom stereocenters. The molecule has 2 aliphatic carbocycles. The van der Waals surface area contributed by atoms with E-state index in [1.54, 1.807) is 0 Å². The summed E-state index contributed by atoms with van der Waals surface area (Å²) < 4.78 is 0. The molecular formula is C11H21N. The van der Waals surface area contributed by atoms with E-state index in [1.165, 1.54) is 19.3 Å². The zero-order chi connectivity index (χ0) is 8.93. The lowest BCUT2D eigenvalue weighted by molar-refractivity contribution is 0.145. The third-order valence-electron chi connectivity index (χ3n) is 4.30. The van der Waals surface area contributed by atoms with E-state index in [0.717, 1.165) is 23.7 Å². The molecule has 0 heterocycles. The standard InChI is InChI=1S/C11H21N/c1-7(2)10-8-4-5-9(6-8)11(10,3)12/h7-10H,4-6,12H2,1-3H3/t8-,9+,10+,11+/m0/s1. The molecule has 0 amide bonds. The molecule has 0 aromatic carbocycles. The van der Waals surface area contributed by atoms with E-state index >= 15 is 0 Å². The maximum Gasteiger partial charge on any atom is 0.0188 e. The Kier molecular flexibility index (Phi) is 1.76. The van der Waals surface area contributed by atoms with Gasteiger partial charge in [0.1, 0.15) is 0 Å². The van der Waals surface area contributed by atoms with E-state index in [0.29, 0.717) is 0 Å². The van der Waals surface area contributed by atoms with Crippen molar-refractivity contribution in [2.45, 2.75) is 45.6 Å². The van der Waals surface area contributed by atoms with E-state index in [-0.39, 0.29) is 5.54 Å². The van der Waals surface area contributed by atoms with Crippen molar-refractivity contribution in [3.63, 3.8) is 0 Å². The van der Waals surface area contributed by atoms with Crippen LogP contribution in [0.2, 0.25) is 0 Å². The summed E-state index contributed by atoms with van der Waals surface area (Å²) in [6.07, 6.45) is 4.25. The minimum atomic E-state index is 0.150. The van der Waals surface area contributed by atoms with Crippen molar-refractivity contribution in [1.82, 2.24) is 0 Å². The summed E-state index contributed by atoms with van der Waals surface area (Å²) in [5.41, 5.74) is 6.56. The Morgan fingerprint density at radius 1 is 1.33 bits per heavy atom. The molecule has 2 N–H and O–H groups in total. The van der Waals surface area contributed by atoms with Crippen LogP contribution in [0.3, 0.4) is 0 Å². The van der Waals surface area contributed by atoms with Crippen molar-refractivity contribution in [2.75, 3.05) is 0 Å². The fraction of sp³-hybridized carbons (Fsp3) is 1.00. The normalized spacial score (nSPS) is 52.2. The SMILES string of the molecule is CC(C)[C@@H]1[C@H]2CC[C@H](C2)[C@@]1(C)N. The van der Waals surface area contributed by atoms with E-state index in [9.17, 15) is 0 Å². The first kappa shape index (κ1) is 8.55. The molecule has 2 rings (SSSR count). The molecule has 2 saturated carbocycles. The molecule has 1 nitrogen and oxygen atoms in total. The molecule has 2 bridgehead atoms. The van der Waals surface area contributed by atoms with Crippen LogP contribution < -0.4 is 5.73 Å². The predicted octanol–water partition coefficient (Wildman–Crippen LogP) is 2.41. The molecule has 0 saturated heterocycles. The third-order valence-corrected chi connectivity index (χ3v) is 4.30. The van der Waals surface area contributed by atoms with E-state index < -0.39 is 0 Å². The highest BCUT2D eigenvalue weighted by molar-refractivity contribution is 5.08. The van der Waals surface area contributed by atoms with Crippen molar-refractivity contribution in [1.29, 1.82) is 0 Å². The summed E-state index contributed by atoms with van der Waals surface area (Å²) in [5, 5.41) is 0. The number of nitrogens with two attached hydrogens (primary N) is 1. The summed E-state index contributed by atoms with van der Waals surface area (Å²) in [4.78, 5) is 0. The van der Waals surface area contributed by atoms with Crippen LogP contribution in [-0.2, 0) is 0 Å². The van der Waals surface area contributed by atoms with Gasteiger partial charge in [-0.3, -0.25) is 0 Å². The lowest BCUT2D eigenvalue weighted by Gasteiger charge is -2.40. The zero-order valence-corrected chi connectivity index (χ0v) is 8.51. The molecule has 0 aromatic rings. The average molecular weight is 167 g/mol. The Balaban J connectivity index is 2.23. The van der Waals surface area contributed by atoms with Gasteiger partial charge in [-0.15, -0.1) is 0 Å². The Morgan fingerprint density at radius 2 is 2.00 bits per heavy atom. The summed E-state index contributed by atoms with van der Waals surface area (Å²) in [6, 6.07) is 0. The molecule has 12 heavy (non-hydrogen) atoms. The largest absolute Gasteiger partial charge is 0.325 e. The summed E-state index contributed by atoms with van der Waals surface area (Å²) >= 11 is 0. The highest BCUT2D eigenvalue weighted by Gasteiger charge is 2.53. The number of hydrogen-bond donors (Lipinski definition) is 1. The molecule has 0 aromatic heterocycles. The average Bonchev–Trinajstić information content (AvgIpc) is 2.41. The third kappa shape index (κ3) is 0.953. The first-order chi connectivity index (χ1) is 5.53. The van der Waals surface area contributed by atoms with Crippen LogP contribution in [-0.4, -0.2) is 5.54 Å². The molecule has 0 aliphatic heterocycles. The van der Waals surface area contributed by atoms with Gasteiger partial charge < -0.3 is 5.73 Å². The minimum absolute atomic E-state index is 0.150. The van der Waals surface area contributed by atoms with Gasteiger partial charge in [-0.25, -0.2) is 0 Å².